The van der Waals surface area contributed by atoms with E-state index < -0.39 is 0 Å². The van der Waals surface area contributed by atoms with Gasteiger partial charge in [0.2, 0.25) is 5.91 Å². The van der Waals surface area contributed by atoms with Gasteiger partial charge in [0.05, 0.1) is 16.4 Å². The molecule has 1 atom stereocenters. The number of hydrogen-bond acceptors (Lipinski definition) is 3. The monoisotopic (exact) mass is 359 g/mol. The maximum Gasteiger partial charge on any atom is 0.253 e. The second-order valence-corrected chi connectivity index (χ2v) is 6.39. The number of aryl methyl sites for hydroxylation is 1. The first-order valence-corrected chi connectivity index (χ1v) is 8.42. The minimum atomic E-state index is -0.187. The van der Waals surface area contributed by atoms with Crippen molar-refractivity contribution in [2.45, 2.75) is 26.3 Å². The standard InChI is InChI=1S/C19H22ClN3O2/c1-12(11-18(24)21-3)23(4)19(25)15-7-5-14(6-8-15)17-10-9-16(20)13(2)22-17/h5-10,12H,11H2,1-4H3,(H,21,24)/t12-/m1/s1. The smallest absolute Gasteiger partial charge is 0.253 e. The molecular weight excluding hydrogens is 338 g/mol. The van der Waals surface area contributed by atoms with Gasteiger partial charge >= 0.3 is 0 Å². The highest BCUT2D eigenvalue weighted by atomic mass is 35.5. The van der Waals surface area contributed by atoms with Gasteiger partial charge in [0.15, 0.2) is 0 Å². The Morgan fingerprint density at radius 1 is 1.20 bits per heavy atom. The van der Waals surface area contributed by atoms with Crippen molar-refractivity contribution in [3.05, 3.63) is 52.7 Å². The first-order chi connectivity index (χ1) is 11.8. The molecule has 2 rings (SSSR count). The average Bonchev–Trinajstić information content (AvgIpc) is 2.62. The minimum absolute atomic E-state index is 0.0910. The fourth-order valence-corrected chi connectivity index (χ4v) is 2.50. The van der Waals surface area contributed by atoms with Crippen molar-refractivity contribution in [3.63, 3.8) is 0 Å². The van der Waals surface area contributed by atoms with Crippen LogP contribution in [-0.2, 0) is 4.79 Å². The Morgan fingerprint density at radius 2 is 1.84 bits per heavy atom. The van der Waals surface area contributed by atoms with Crippen molar-refractivity contribution in [3.8, 4) is 11.3 Å². The van der Waals surface area contributed by atoms with Gasteiger partial charge in [-0.2, -0.15) is 0 Å². The van der Waals surface area contributed by atoms with Crippen LogP contribution in [0, 0.1) is 6.92 Å². The van der Waals surface area contributed by atoms with Crippen LogP contribution in [0.4, 0.5) is 0 Å². The molecular formula is C19H22ClN3O2. The number of pyridine rings is 1. The predicted octanol–water partition coefficient (Wildman–Crippen LogP) is 3.31. The van der Waals surface area contributed by atoms with Gasteiger partial charge in [-0.15, -0.1) is 0 Å². The van der Waals surface area contributed by atoms with E-state index in [-0.39, 0.29) is 24.3 Å². The van der Waals surface area contributed by atoms with Crippen LogP contribution in [0.1, 0.15) is 29.4 Å². The van der Waals surface area contributed by atoms with E-state index in [1.165, 1.54) is 0 Å². The Kier molecular flexibility index (Phi) is 6.15. The van der Waals surface area contributed by atoms with E-state index in [2.05, 4.69) is 10.3 Å². The number of benzene rings is 1. The summed E-state index contributed by atoms with van der Waals surface area (Å²) >= 11 is 6.00. The Balaban J connectivity index is 2.14. The van der Waals surface area contributed by atoms with Gasteiger partial charge in [-0.05, 0) is 38.1 Å². The molecule has 0 aliphatic heterocycles. The average molecular weight is 360 g/mol. The Labute approximate surface area is 153 Å². The Bertz CT molecular complexity index is 775. The van der Waals surface area contributed by atoms with Crippen LogP contribution in [0.3, 0.4) is 0 Å². The summed E-state index contributed by atoms with van der Waals surface area (Å²) in [5, 5.41) is 3.20. The molecule has 0 fully saturated rings. The summed E-state index contributed by atoms with van der Waals surface area (Å²) in [7, 11) is 3.29. The second-order valence-electron chi connectivity index (χ2n) is 5.98. The van der Waals surface area contributed by atoms with Crippen molar-refractivity contribution < 1.29 is 9.59 Å². The highest BCUT2D eigenvalue weighted by Gasteiger charge is 2.19. The van der Waals surface area contributed by atoms with Crippen LogP contribution in [0.5, 0.6) is 0 Å². The van der Waals surface area contributed by atoms with Crippen molar-refractivity contribution in [1.29, 1.82) is 0 Å². The van der Waals surface area contributed by atoms with Gasteiger partial charge in [0.25, 0.3) is 5.91 Å². The first-order valence-electron chi connectivity index (χ1n) is 8.04. The molecule has 132 valence electrons. The fourth-order valence-electron chi connectivity index (χ4n) is 2.40. The molecule has 0 aliphatic rings. The lowest BCUT2D eigenvalue weighted by molar-refractivity contribution is -0.121. The highest BCUT2D eigenvalue weighted by molar-refractivity contribution is 6.31. The third-order valence-corrected chi connectivity index (χ3v) is 4.59. The lowest BCUT2D eigenvalue weighted by Gasteiger charge is -2.24. The molecule has 0 radical (unpaired) electrons. The topological polar surface area (TPSA) is 62.3 Å². The Morgan fingerprint density at radius 3 is 2.40 bits per heavy atom. The summed E-state index contributed by atoms with van der Waals surface area (Å²) in [6, 6.07) is 10.7. The van der Waals surface area contributed by atoms with Crippen LogP contribution < -0.4 is 5.32 Å². The summed E-state index contributed by atoms with van der Waals surface area (Å²) in [5.74, 6) is -0.213. The van der Waals surface area contributed by atoms with Crippen molar-refractivity contribution in [2.75, 3.05) is 14.1 Å². The van der Waals surface area contributed by atoms with E-state index in [0.29, 0.717) is 10.6 Å². The summed E-state index contributed by atoms with van der Waals surface area (Å²) in [6.45, 7) is 3.70. The largest absolute Gasteiger partial charge is 0.359 e. The number of aromatic nitrogens is 1. The SMILES string of the molecule is CNC(=O)C[C@@H](C)N(C)C(=O)c1ccc(-c2ccc(Cl)c(C)n2)cc1. The van der Waals surface area contributed by atoms with Gasteiger partial charge in [-0.3, -0.25) is 14.6 Å². The third-order valence-electron chi connectivity index (χ3n) is 4.19. The molecule has 0 bridgehead atoms. The molecule has 6 heteroatoms. The predicted molar refractivity (Wildman–Crippen MR) is 99.7 cm³/mol. The van der Waals surface area contributed by atoms with E-state index in [1.54, 1.807) is 31.1 Å². The maximum absolute atomic E-state index is 12.6. The van der Waals surface area contributed by atoms with Crippen LogP contribution in [0.2, 0.25) is 5.02 Å². The number of rotatable bonds is 5. The van der Waals surface area contributed by atoms with Gasteiger partial charge in [0, 0.05) is 37.7 Å². The molecule has 0 saturated carbocycles. The van der Waals surface area contributed by atoms with E-state index in [9.17, 15) is 9.59 Å². The van der Waals surface area contributed by atoms with Crippen LogP contribution >= 0.6 is 11.6 Å². The molecule has 0 aliphatic carbocycles. The number of hydrogen-bond donors (Lipinski definition) is 1. The summed E-state index contributed by atoms with van der Waals surface area (Å²) in [5.41, 5.74) is 3.06. The van der Waals surface area contributed by atoms with E-state index in [1.807, 2.05) is 38.1 Å². The van der Waals surface area contributed by atoms with Gasteiger partial charge in [0.1, 0.15) is 0 Å². The zero-order valence-electron chi connectivity index (χ0n) is 14.8. The lowest BCUT2D eigenvalue weighted by Crippen LogP contribution is -2.38. The van der Waals surface area contributed by atoms with E-state index in [4.69, 9.17) is 11.6 Å². The molecule has 0 spiro atoms. The minimum Gasteiger partial charge on any atom is -0.359 e. The first kappa shape index (κ1) is 18.9. The number of carbonyl (C=O) groups excluding carboxylic acids is 2. The second kappa shape index (κ2) is 8.12. The maximum atomic E-state index is 12.6. The zero-order valence-corrected chi connectivity index (χ0v) is 15.6. The van der Waals surface area contributed by atoms with Gasteiger partial charge < -0.3 is 10.2 Å². The molecule has 1 aromatic carbocycles. The van der Waals surface area contributed by atoms with Crippen LogP contribution in [-0.4, -0.2) is 41.8 Å². The molecule has 1 N–H and O–H groups in total. The summed E-state index contributed by atoms with van der Waals surface area (Å²) < 4.78 is 0. The molecule has 25 heavy (non-hydrogen) atoms. The summed E-state index contributed by atoms with van der Waals surface area (Å²) in [6.07, 6.45) is 0.269. The fraction of sp³-hybridized carbons (Fsp3) is 0.316. The van der Waals surface area contributed by atoms with Crippen molar-refractivity contribution in [2.24, 2.45) is 0 Å². The third kappa shape index (κ3) is 4.57. The number of nitrogens with one attached hydrogen (secondary N) is 1. The van der Waals surface area contributed by atoms with Crippen LogP contribution in [0.15, 0.2) is 36.4 Å². The number of nitrogens with zero attached hydrogens (tertiary/aromatic N) is 2. The quantitative estimate of drug-likeness (QED) is 0.890. The molecule has 1 aromatic heterocycles. The molecule has 2 amide bonds. The lowest BCUT2D eigenvalue weighted by atomic mass is 10.1. The number of amides is 2. The summed E-state index contributed by atoms with van der Waals surface area (Å²) in [4.78, 5) is 30.1. The molecule has 0 saturated heterocycles. The van der Waals surface area contributed by atoms with Gasteiger partial charge in [-0.1, -0.05) is 23.7 Å². The molecule has 2 aromatic rings. The number of halogens is 1. The number of carbonyl (C=O) groups is 2. The zero-order chi connectivity index (χ0) is 18.6. The van der Waals surface area contributed by atoms with E-state index in [0.717, 1.165) is 17.0 Å². The normalized spacial score (nSPS) is 11.7. The van der Waals surface area contributed by atoms with Crippen LogP contribution in [0.25, 0.3) is 11.3 Å². The van der Waals surface area contributed by atoms with Crippen molar-refractivity contribution >= 4 is 23.4 Å². The Hall–Kier alpha value is -2.40. The van der Waals surface area contributed by atoms with Gasteiger partial charge in [-0.25, -0.2) is 0 Å². The molecule has 5 nitrogen and oxygen atoms in total. The molecule has 1 heterocycles. The van der Waals surface area contributed by atoms with E-state index >= 15 is 0 Å². The highest BCUT2D eigenvalue weighted by Crippen LogP contribution is 2.22. The molecule has 0 unspecified atom stereocenters. The van der Waals surface area contributed by atoms with Crippen molar-refractivity contribution in [1.82, 2.24) is 15.2 Å².